The van der Waals surface area contributed by atoms with Gasteiger partial charge in [-0.3, -0.25) is 4.99 Å². The fraction of sp³-hybridized carbons (Fsp3) is 0.353. The highest BCUT2D eigenvalue weighted by molar-refractivity contribution is 7.09. The lowest BCUT2D eigenvalue weighted by molar-refractivity contribution is 0.341. The maximum Gasteiger partial charge on any atom is 0.192 e. The molecule has 0 radical (unpaired) electrons. The SMILES string of the molecule is Cc1cc(C)c(C2CN=C(N)N2Cc2cccs2)c(C)c1. The van der Waals surface area contributed by atoms with E-state index in [1.54, 1.807) is 11.3 Å². The van der Waals surface area contributed by atoms with Crippen molar-refractivity contribution in [3.63, 3.8) is 0 Å². The Morgan fingerprint density at radius 2 is 2.00 bits per heavy atom. The second-order valence-corrected chi connectivity index (χ2v) is 6.77. The number of nitrogens with two attached hydrogens (primary N) is 1. The second-order valence-electron chi connectivity index (χ2n) is 5.73. The molecule has 1 aliphatic rings. The van der Waals surface area contributed by atoms with Crippen LogP contribution in [-0.4, -0.2) is 17.4 Å². The molecule has 2 aromatic rings. The number of nitrogens with zero attached hydrogens (tertiary/aromatic N) is 2. The predicted molar refractivity (Wildman–Crippen MR) is 89.7 cm³/mol. The molecule has 0 spiro atoms. The Labute approximate surface area is 130 Å². The van der Waals surface area contributed by atoms with Crippen LogP contribution in [0.3, 0.4) is 0 Å². The number of hydrogen-bond donors (Lipinski definition) is 1. The molecule has 1 unspecified atom stereocenters. The fourth-order valence-corrected chi connectivity index (χ4v) is 3.96. The molecule has 3 nitrogen and oxygen atoms in total. The maximum atomic E-state index is 6.13. The molecule has 1 aromatic carbocycles. The second kappa shape index (κ2) is 5.53. The first-order valence-corrected chi connectivity index (χ1v) is 8.11. The van der Waals surface area contributed by atoms with Crippen LogP contribution in [-0.2, 0) is 6.54 Å². The molecule has 1 aliphatic heterocycles. The maximum absolute atomic E-state index is 6.13. The van der Waals surface area contributed by atoms with Gasteiger partial charge in [0.25, 0.3) is 0 Å². The summed E-state index contributed by atoms with van der Waals surface area (Å²) in [5.74, 6) is 0.660. The van der Waals surface area contributed by atoms with Crippen LogP contribution in [0, 0.1) is 20.8 Å². The number of guanidine groups is 1. The van der Waals surface area contributed by atoms with Gasteiger partial charge in [0.1, 0.15) is 0 Å². The molecule has 3 rings (SSSR count). The van der Waals surface area contributed by atoms with E-state index in [9.17, 15) is 0 Å². The number of hydrogen-bond acceptors (Lipinski definition) is 4. The minimum atomic E-state index is 0.257. The van der Waals surface area contributed by atoms with Crippen molar-refractivity contribution in [1.29, 1.82) is 0 Å². The van der Waals surface area contributed by atoms with Crippen molar-refractivity contribution in [3.8, 4) is 0 Å². The average molecular weight is 299 g/mol. The molecular weight excluding hydrogens is 278 g/mol. The van der Waals surface area contributed by atoms with Gasteiger partial charge in [-0.25, -0.2) is 0 Å². The quantitative estimate of drug-likeness (QED) is 0.941. The molecule has 2 heterocycles. The van der Waals surface area contributed by atoms with Gasteiger partial charge in [0, 0.05) is 4.88 Å². The van der Waals surface area contributed by atoms with E-state index in [2.05, 4.69) is 60.3 Å². The first-order valence-electron chi connectivity index (χ1n) is 7.23. The summed E-state index contributed by atoms with van der Waals surface area (Å²) in [6, 6.07) is 9.00. The number of aliphatic imine (C=N–C) groups is 1. The van der Waals surface area contributed by atoms with Crippen molar-refractivity contribution in [2.45, 2.75) is 33.4 Å². The molecule has 0 fully saturated rings. The monoisotopic (exact) mass is 299 g/mol. The zero-order chi connectivity index (χ0) is 15.0. The highest BCUT2D eigenvalue weighted by Crippen LogP contribution is 2.33. The number of rotatable bonds is 3. The molecule has 1 atom stereocenters. The van der Waals surface area contributed by atoms with Gasteiger partial charge in [0.15, 0.2) is 5.96 Å². The highest BCUT2D eigenvalue weighted by atomic mass is 32.1. The van der Waals surface area contributed by atoms with Crippen molar-refractivity contribution >= 4 is 17.3 Å². The van der Waals surface area contributed by atoms with Gasteiger partial charge in [-0.1, -0.05) is 23.8 Å². The first kappa shape index (κ1) is 14.1. The standard InChI is InChI=1S/C17H21N3S/c1-11-7-12(2)16(13(3)8-11)15-9-19-17(18)20(15)10-14-5-4-6-21-14/h4-8,15H,9-10H2,1-3H3,(H2,18,19). The van der Waals surface area contributed by atoms with Gasteiger partial charge in [0.2, 0.25) is 0 Å². The molecule has 0 aliphatic carbocycles. The summed E-state index contributed by atoms with van der Waals surface area (Å²) in [4.78, 5) is 8.04. The summed E-state index contributed by atoms with van der Waals surface area (Å²) >= 11 is 1.77. The Bertz CT molecular complexity index is 650. The smallest absolute Gasteiger partial charge is 0.192 e. The van der Waals surface area contributed by atoms with Crippen LogP contribution in [0.2, 0.25) is 0 Å². The molecule has 110 valence electrons. The van der Waals surface area contributed by atoms with Crippen LogP contribution >= 0.6 is 11.3 Å². The van der Waals surface area contributed by atoms with Gasteiger partial charge in [-0.2, -0.15) is 0 Å². The Morgan fingerprint density at radius 1 is 1.29 bits per heavy atom. The minimum absolute atomic E-state index is 0.257. The van der Waals surface area contributed by atoms with E-state index in [0.717, 1.165) is 13.1 Å². The van der Waals surface area contributed by atoms with E-state index in [4.69, 9.17) is 5.73 Å². The molecule has 2 N–H and O–H groups in total. The van der Waals surface area contributed by atoms with Gasteiger partial charge in [-0.15, -0.1) is 11.3 Å². The Balaban J connectivity index is 1.94. The molecular formula is C17H21N3S. The summed E-state index contributed by atoms with van der Waals surface area (Å²) in [5.41, 5.74) is 11.5. The molecule has 21 heavy (non-hydrogen) atoms. The summed E-state index contributed by atoms with van der Waals surface area (Å²) in [7, 11) is 0. The van der Waals surface area contributed by atoms with Crippen molar-refractivity contribution in [1.82, 2.24) is 4.90 Å². The number of benzene rings is 1. The third kappa shape index (κ3) is 2.68. The van der Waals surface area contributed by atoms with Crippen molar-refractivity contribution in [2.75, 3.05) is 6.54 Å². The summed E-state index contributed by atoms with van der Waals surface area (Å²) in [6.45, 7) is 8.11. The third-order valence-corrected chi connectivity index (χ3v) is 4.94. The number of thiophene rings is 1. The van der Waals surface area contributed by atoms with E-state index >= 15 is 0 Å². The van der Waals surface area contributed by atoms with Crippen LogP contribution in [0.25, 0.3) is 0 Å². The molecule has 1 aromatic heterocycles. The summed E-state index contributed by atoms with van der Waals surface area (Å²) in [6.07, 6.45) is 0. The lowest BCUT2D eigenvalue weighted by Crippen LogP contribution is -2.35. The molecule has 0 bridgehead atoms. The van der Waals surface area contributed by atoms with Gasteiger partial charge in [-0.05, 0) is 48.9 Å². The van der Waals surface area contributed by atoms with Crippen LogP contribution in [0.15, 0.2) is 34.6 Å². The van der Waals surface area contributed by atoms with Crippen LogP contribution in [0.1, 0.15) is 33.2 Å². The predicted octanol–water partition coefficient (Wildman–Crippen LogP) is 3.54. The van der Waals surface area contributed by atoms with Crippen LogP contribution < -0.4 is 5.73 Å². The Morgan fingerprint density at radius 3 is 2.62 bits per heavy atom. The van der Waals surface area contributed by atoms with Gasteiger partial charge < -0.3 is 10.6 Å². The average Bonchev–Trinajstić information content (AvgIpc) is 3.02. The first-order chi connectivity index (χ1) is 10.1. The number of aryl methyl sites for hydroxylation is 3. The van der Waals surface area contributed by atoms with E-state index in [1.165, 1.54) is 27.1 Å². The van der Waals surface area contributed by atoms with Crippen LogP contribution in [0.4, 0.5) is 0 Å². The normalized spacial score (nSPS) is 18.1. The molecule has 0 saturated heterocycles. The molecule has 0 saturated carbocycles. The van der Waals surface area contributed by atoms with Gasteiger partial charge in [0.05, 0.1) is 19.1 Å². The lowest BCUT2D eigenvalue weighted by atomic mass is 9.93. The fourth-order valence-electron chi connectivity index (χ4n) is 3.25. The minimum Gasteiger partial charge on any atom is -0.370 e. The van der Waals surface area contributed by atoms with E-state index in [1.807, 2.05) is 0 Å². The largest absolute Gasteiger partial charge is 0.370 e. The van der Waals surface area contributed by atoms with Gasteiger partial charge >= 0.3 is 0 Å². The zero-order valence-corrected chi connectivity index (χ0v) is 13.6. The van der Waals surface area contributed by atoms with Crippen LogP contribution in [0.5, 0.6) is 0 Å². The third-order valence-electron chi connectivity index (χ3n) is 4.07. The van der Waals surface area contributed by atoms with E-state index < -0.39 is 0 Å². The Hall–Kier alpha value is -1.81. The van der Waals surface area contributed by atoms with E-state index in [0.29, 0.717) is 5.96 Å². The Kier molecular flexibility index (Phi) is 3.72. The molecule has 0 amide bonds. The molecule has 4 heteroatoms. The topological polar surface area (TPSA) is 41.6 Å². The highest BCUT2D eigenvalue weighted by Gasteiger charge is 2.29. The lowest BCUT2D eigenvalue weighted by Gasteiger charge is -2.28. The van der Waals surface area contributed by atoms with Crippen molar-refractivity contribution < 1.29 is 0 Å². The zero-order valence-electron chi connectivity index (χ0n) is 12.8. The van der Waals surface area contributed by atoms with E-state index in [-0.39, 0.29) is 6.04 Å². The summed E-state index contributed by atoms with van der Waals surface area (Å²) in [5, 5.41) is 2.11. The van der Waals surface area contributed by atoms with Crippen molar-refractivity contribution in [3.05, 3.63) is 56.8 Å². The van der Waals surface area contributed by atoms with Crippen molar-refractivity contribution in [2.24, 2.45) is 10.7 Å². The summed E-state index contributed by atoms with van der Waals surface area (Å²) < 4.78 is 0.